The highest BCUT2D eigenvalue weighted by Crippen LogP contribution is 2.21. The van der Waals surface area contributed by atoms with Gasteiger partial charge in [-0.15, -0.1) is 0 Å². The molecule has 2 aromatic rings. The summed E-state index contributed by atoms with van der Waals surface area (Å²) >= 11 is 5.83. The van der Waals surface area contributed by atoms with E-state index in [4.69, 9.17) is 17.3 Å². The van der Waals surface area contributed by atoms with E-state index < -0.39 is 16.8 Å². The molecule has 2 rings (SSSR count). The Hall–Kier alpha value is -1.69. The number of amides is 1. The highest BCUT2D eigenvalue weighted by molar-refractivity contribution is 7.85. The largest absolute Gasteiger partial charge is 0.325 e. The average molecular weight is 337 g/mol. The van der Waals surface area contributed by atoms with Crippen molar-refractivity contribution in [2.45, 2.75) is 29.2 Å². The predicted octanol–water partition coefficient (Wildman–Crippen LogP) is 3.18. The first kappa shape index (κ1) is 16.7. The van der Waals surface area contributed by atoms with Crippen molar-refractivity contribution in [3.05, 3.63) is 53.6 Å². The van der Waals surface area contributed by atoms with E-state index in [0.717, 1.165) is 0 Å². The van der Waals surface area contributed by atoms with Crippen LogP contribution in [0.4, 0.5) is 5.69 Å². The van der Waals surface area contributed by atoms with Crippen LogP contribution in [-0.2, 0) is 15.6 Å². The van der Waals surface area contributed by atoms with Crippen molar-refractivity contribution < 1.29 is 9.00 Å². The lowest BCUT2D eigenvalue weighted by atomic mass is 10.2. The molecule has 0 aromatic heterocycles. The number of nitrogens with two attached hydrogens (primary N) is 1. The minimum atomic E-state index is -1.33. The fourth-order valence-electron chi connectivity index (χ4n) is 1.80. The summed E-state index contributed by atoms with van der Waals surface area (Å²) in [5.41, 5.74) is 6.26. The minimum Gasteiger partial charge on any atom is -0.325 e. The first-order chi connectivity index (χ1) is 10.5. The van der Waals surface area contributed by atoms with Gasteiger partial charge in [0.15, 0.2) is 0 Å². The number of hydrogen-bond donors (Lipinski definition) is 2. The van der Waals surface area contributed by atoms with Crippen molar-refractivity contribution in [1.29, 1.82) is 0 Å². The van der Waals surface area contributed by atoms with E-state index in [-0.39, 0.29) is 5.91 Å². The van der Waals surface area contributed by atoms with Crippen LogP contribution in [0.1, 0.15) is 13.3 Å². The van der Waals surface area contributed by atoms with Crippen molar-refractivity contribution >= 4 is 34.0 Å². The third kappa shape index (κ3) is 4.16. The van der Waals surface area contributed by atoms with Gasteiger partial charge in [-0.2, -0.15) is 0 Å². The van der Waals surface area contributed by atoms with E-state index in [1.165, 1.54) is 0 Å². The summed E-state index contributed by atoms with van der Waals surface area (Å²) in [5.74, 6) is -0.253. The molecule has 2 unspecified atom stereocenters. The Labute approximate surface area is 137 Å². The molecule has 0 radical (unpaired) electrons. The third-order valence-corrected chi connectivity index (χ3v) is 4.75. The molecule has 22 heavy (non-hydrogen) atoms. The van der Waals surface area contributed by atoms with Gasteiger partial charge in [-0.3, -0.25) is 4.79 Å². The Balaban J connectivity index is 2.19. The molecule has 0 spiro atoms. The molecular weight excluding hydrogens is 320 g/mol. The molecular formula is C16H17ClN2O2S. The van der Waals surface area contributed by atoms with Gasteiger partial charge in [0.1, 0.15) is 0 Å². The highest BCUT2D eigenvalue weighted by Gasteiger charge is 2.12. The van der Waals surface area contributed by atoms with Crippen LogP contribution in [0.15, 0.2) is 58.3 Å². The summed E-state index contributed by atoms with van der Waals surface area (Å²) in [7, 11) is -1.33. The third-order valence-electron chi connectivity index (χ3n) is 3.12. The number of rotatable bonds is 5. The summed E-state index contributed by atoms with van der Waals surface area (Å²) in [6.07, 6.45) is 0.558. The number of anilines is 1. The molecule has 6 heteroatoms. The second-order valence-electron chi connectivity index (χ2n) is 4.75. The SMILES string of the molecule is CCC(N)C(=O)Nc1cccc(S(=O)c2ccc(Cl)cc2)c1. The van der Waals surface area contributed by atoms with Gasteiger partial charge >= 0.3 is 0 Å². The Morgan fingerprint density at radius 3 is 2.55 bits per heavy atom. The quantitative estimate of drug-likeness (QED) is 0.880. The van der Waals surface area contributed by atoms with Gasteiger partial charge in [0.05, 0.1) is 16.8 Å². The molecule has 0 fully saturated rings. The van der Waals surface area contributed by atoms with Gasteiger partial charge in [-0.05, 0) is 48.9 Å². The van der Waals surface area contributed by atoms with Crippen LogP contribution < -0.4 is 11.1 Å². The van der Waals surface area contributed by atoms with Crippen LogP contribution in [0.25, 0.3) is 0 Å². The van der Waals surface area contributed by atoms with E-state index >= 15 is 0 Å². The molecule has 0 heterocycles. The minimum absolute atomic E-state index is 0.253. The summed E-state index contributed by atoms with van der Waals surface area (Å²) in [6, 6.07) is 13.2. The Kier molecular flexibility index (Phi) is 5.71. The molecule has 2 aromatic carbocycles. The molecule has 0 aliphatic carbocycles. The molecule has 0 bridgehead atoms. The van der Waals surface area contributed by atoms with Crippen molar-refractivity contribution in [2.75, 3.05) is 5.32 Å². The maximum atomic E-state index is 12.5. The first-order valence-corrected chi connectivity index (χ1v) is 8.38. The van der Waals surface area contributed by atoms with Gasteiger partial charge in [-0.25, -0.2) is 4.21 Å². The number of hydrogen-bond acceptors (Lipinski definition) is 3. The Morgan fingerprint density at radius 2 is 1.91 bits per heavy atom. The summed E-state index contributed by atoms with van der Waals surface area (Å²) in [4.78, 5) is 13.1. The van der Waals surface area contributed by atoms with Crippen LogP contribution in [0.3, 0.4) is 0 Å². The lowest BCUT2D eigenvalue weighted by molar-refractivity contribution is -0.117. The molecule has 0 saturated carbocycles. The van der Waals surface area contributed by atoms with Crippen LogP contribution in [-0.4, -0.2) is 16.2 Å². The van der Waals surface area contributed by atoms with Gasteiger partial charge < -0.3 is 11.1 Å². The lowest BCUT2D eigenvalue weighted by Crippen LogP contribution is -2.34. The van der Waals surface area contributed by atoms with Crippen molar-refractivity contribution in [1.82, 2.24) is 0 Å². The number of halogens is 1. The van der Waals surface area contributed by atoms with Gasteiger partial charge in [-0.1, -0.05) is 24.6 Å². The topological polar surface area (TPSA) is 72.2 Å². The monoisotopic (exact) mass is 336 g/mol. The van der Waals surface area contributed by atoms with Gasteiger partial charge in [0, 0.05) is 20.5 Å². The lowest BCUT2D eigenvalue weighted by Gasteiger charge is -2.11. The maximum absolute atomic E-state index is 12.5. The molecule has 0 saturated heterocycles. The van der Waals surface area contributed by atoms with Crippen molar-refractivity contribution in [3.63, 3.8) is 0 Å². The van der Waals surface area contributed by atoms with E-state index in [0.29, 0.717) is 26.9 Å². The van der Waals surface area contributed by atoms with Crippen LogP contribution >= 0.6 is 11.6 Å². The molecule has 1 amide bonds. The van der Waals surface area contributed by atoms with E-state index in [1.807, 2.05) is 6.92 Å². The van der Waals surface area contributed by atoms with Crippen molar-refractivity contribution in [2.24, 2.45) is 5.73 Å². The zero-order chi connectivity index (χ0) is 16.1. The summed E-state index contributed by atoms with van der Waals surface area (Å²) in [6.45, 7) is 1.84. The zero-order valence-corrected chi connectivity index (χ0v) is 13.7. The van der Waals surface area contributed by atoms with E-state index in [1.54, 1.807) is 48.5 Å². The fourth-order valence-corrected chi connectivity index (χ4v) is 3.02. The smallest absolute Gasteiger partial charge is 0.241 e. The fraction of sp³-hybridized carbons (Fsp3) is 0.188. The van der Waals surface area contributed by atoms with E-state index in [2.05, 4.69) is 5.32 Å². The number of carbonyl (C=O) groups is 1. The maximum Gasteiger partial charge on any atom is 0.241 e. The first-order valence-electron chi connectivity index (χ1n) is 6.85. The number of nitrogens with one attached hydrogen (secondary N) is 1. The highest BCUT2D eigenvalue weighted by atomic mass is 35.5. The normalized spacial score (nSPS) is 13.4. The van der Waals surface area contributed by atoms with E-state index in [9.17, 15) is 9.00 Å². The molecule has 0 aliphatic heterocycles. The number of carbonyl (C=O) groups excluding carboxylic acids is 1. The molecule has 2 atom stereocenters. The Bertz CT molecular complexity index is 689. The van der Waals surface area contributed by atoms with Gasteiger partial charge in [0.25, 0.3) is 0 Å². The zero-order valence-electron chi connectivity index (χ0n) is 12.1. The molecule has 116 valence electrons. The molecule has 0 aliphatic rings. The number of benzene rings is 2. The predicted molar refractivity (Wildman–Crippen MR) is 89.5 cm³/mol. The second kappa shape index (κ2) is 7.54. The van der Waals surface area contributed by atoms with Crippen molar-refractivity contribution in [3.8, 4) is 0 Å². The Morgan fingerprint density at radius 1 is 1.23 bits per heavy atom. The second-order valence-corrected chi connectivity index (χ2v) is 6.67. The van der Waals surface area contributed by atoms with Crippen LogP contribution in [0, 0.1) is 0 Å². The molecule has 3 N–H and O–H groups in total. The average Bonchev–Trinajstić information content (AvgIpc) is 2.54. The summed E-state index contributed by atoms with van der Waals surface area (Å²) in [5, 5.41) is 3.32. The van der Waals surface area contributed by atoms with Crippen LogP contribution in [0.5, 0.6) is 0 Å². The van der Waals surface area contributed by atoms with Gasteiger partial charge in [0.2, 0.25) is 5.91 Å². The van der Waals surface area contributed by atoms with Crippen LogP contribution in [0.2, 0.25) is 5.02 Å². The summed E-state index contributed by atoms with van der Waals surface area (Å²) < 4.78 is 12.5. The molecule has 4 nitrogen and oxygen atoms in total. The standard InChI is InChI=1S/C16H17ClN2O2S/c1-2-15(18)16(20)19-12-4-3-5-14(10-12)22(21)13-8-6-11(17)7-9-13/h3-10,15H,2,18H2,1H3,(H,19,20).